The second-order valence-corrected chi connectivity index (χ2v) is 8.56. The zero-order chi connectivity index (χ0) is 20.0. The van der Waals surface area contributed by atoms with E-state index < -0.39 is 6.29 Å². The summed E-state index contributed by atoms with van der Waals surface area (Å²) in [5.41, 5.74) is 2.64. The molecule has 2 aromatic carbocycles. The van der Waals surface area contributed by atoms with Crippen molar-refractivity contribution in [2.75, 3.05) is 0 Å². The number of halogens is 1. The Balaban J connectivity index is 1.45. The third-order valence-corrected chi connectivity index (χ3v) is 6.28. The van der Waals surface area contributed by atoms with Crippen LogP contribution in [0.4, 0.5) is 0 Å². The number of benzene rings is 2. The highest BCUT2D eigenvalue weighted by atomic mass is 79.9. The van der Waals surface area contributed by atoms with Crippen molar-refractivity contribution in [1.29, 1.82) is 0 Å². The summed E-state index contributed by atoms with van der Waals surface area (Å²) >= 11 is 3.53. The first kappa shape index (κ1) is 18.6. The van der Waals surface area contributed by atoms with E-state index in [1.807, 2.05) is 54.6 Å². The largest absolute Gasteiger partial charge is 0.460 e. The van der Waals surface area contributed by atoms with Crippen LogP contribution in [0.5, 0.6) is 5.75 Å². The molecular formula is C23H20BrNO4. The van der Waals surface area contributed by atoms with Crippen molar-refractivity contribution < 1.29 is 19.1 Å². The van der Waals surface area contributed by atoms with Gasteiger partial charge < -0.3 is 9.47 Å². The minimum Gasteiger partial charge on any atom is -0.460 e. The van der Waals surface area contributed by atoms with Crippen LogP contribution in [0.2, 0.25) is 0 Å². The molecule has 0 saturated carbocycles. The van der Waals surface area contributed by atoms with Crippen molar-refractivity contribution in [2.45, 2.75) is 32.3 Å². The van der Waals surface area contributed by atoms with E-state index in [-0.39, 0.29) is 30.2 Å². The van der Waals surface area contributed by atoms with E-state index in [0.29, 0.717) is 25.2 Å². The van der Waals surface area contributed by atoms with E-state index in [1.165, 1.54) is 4.90 Å². The molecule has 1 saturated heterocycles. The Morgan fingerprint density at radius 3 is 2.38 bits per heavy atom. The molecule has 148 valence electrons. The quantitative estimate of drug-likeness (QED) is 0.506. The van der Waals surface area contributed by atoms with E-state index in [4.69, 9.17) is 9.47 Å². The summed E-state index contributed by atoms with van der Waals surface area (Å²) in [6.45, 7) is 0.617. The number of likely N-dealkylation sites (tertiary alicyclic amines) is 1. The van der Waals surface area contributed by atoms with Gasteiger partial charge in [0.25, 0.3) is 0 Å². The highest BCUT2D eigenvalue weighted by Gasteiger charge is 2.47. The van der Waals surface area contributed by atoms with Gasteiger partial charge in [0.1, 0.15) is 5.75 Å². The molecular weight excluding hydrogens is 434 g/mol. The molecule has 0 unspecified atom stereocenters. The maximum atomic E-state index is 12.9. The summed E-state index contributed by atoms with van der Waals surface area (Å²) in [5.74, 6) is 0.0879. The predicted molar refractivity (Wildman–Crippen MR) is 110 cm³/mol. The van der Waals surface area contributed by atoms with Crippen LogP contribution < -0.4 is 4.74 Å². The maximum Gasteiger partial charge on any atom is 0.233 e. The highest BCUT2D eigenvalue weighted by molar-refractivity contribution is 9.10. The molecule has 0 spiro atoms. The lowest BCUT2D eigenvalue weighted by Gasteiger charge is -2.29. The maximum absolute atomic E-state index is 12.9. The minimum atomic E-state index is -0.514. The van der Waals surface area contributed by atoms with Gasteiger partial charge in [-0.1, -0.05) is 58.4 Å². The number of fused-ring (bicyclic) bond motifs is 2. The number of carbonyl (C=O) groups is 2. The monoisotopic (exact) mass is 453 g/mol. The van der Waals surface area contributed by atoms with E-state index in [2.05, 4.69) is 15.9 Å². The van der Waals surface area contributed by atoms with Gasteiger partial charge in [-0.25, -0.2) is 0 Å². The number of hydrogen-bond acceptors (Lipinski definition) is 4. The van der Waals surface area contributed by atoms with Gasteiger partial charge in [-0.3, -0.25) is 14.5 Å². The van der Waals surface area contributed by atoms with E-state index in [9.17, 15) is 9.59 Å². The lowest BCUT2D eigenvalue weighted by atomic mass is 9.85. The Morgan fingerprint density at radius 1 is 1.00 bits per heavy atom. The summed E-state index contributed by atoms with van der Waals surface area (Å²) in [5, 5.41) is 0. The van der Waals surface area contributed by atoms with Crippen molar-refractivity contribution in [1.82, 2.24) is 4.90 Å². The molecule has 0 radical (unpaired) electrons. The lowest BCUT2D eigenvalue weighted by Crippen LogP contribution is -2.31. The third kappa shape index (κ3) is 3.30. The van der Waals surface area contributed by atoms with Crippen LogP contribution in [-0.2, 0) is 27.5 Å². The van der Waals surface area contributed by atoms with Gasteiger partial charge in [0.2, 0.25) is 18.1 Å². The molecule has 0 N–H and O–H groups in total. The summed E-state index contributed by atoms with van der Waals surface area (Å²) < 4.78 is 13.0. The Hall–Kier alpha value is -2.44. The topological polar surface area (TPSA) is 55.8 Å². The number of amides is 2. The molecule has 2 aliphatic heterocycles. The first-order valence-electron chi connectivity index (χ1n) is 9.76. The van der Waals surface area contributed by atoms with Crippen LogP contribution in [0.15, 0.2) is 59.1 Å². The van der Waals surface area contributed by atoms with Crippen molar-refractivity contribution in [3.8, 4) is 5.75 Å². The molecule has 3 aliphatic rings. The molecule has 0 aromatic heterocycles. The smallest absolute Gasteiger partial charge is 0.233 e. The number of imide groups is 1. The highest BCUT2D eigenvalue weighted by Crippen LogP contribution is 2.41. The molecule has 6 heteroatoms. The minimum absolute atomic E-state index is 0.0789. The summed E-state index contributed by atoms with van der Waals surface area (Å²) in [6, 6.07) is 13.6. The van der Waals surface area contributed by atoms with Gasteiger partial charge in [-0.2, -0.15) is 0 Å². The van der Waals surface area contributed by atoms with Gasteiger partial charge >= 0.3 is 0 Å². The average molecular weight is 454 g/mol. The van der Waals surface area contributed by atoms with E-state index in [0.717, 1.165) is 21.2 Å². The fourth-order valence-electron chi connectivity index (χ4n) is 4.36. The number of hydrogen-bond donors (Lipinski definition) is 0. The first-order valence-corrected chi connectivity index (χ1v) is 10.6. The van der Waals surface area contributed by atoms with Crippen LogP contribution >= 0.6 is 15.9 Å². The summed E-state index contributed by atoms with van der Waals surface area (Å²) in [4.78, 5) is 27.2. The Kier molecular flexibility index (Phi) is 4.76. The molecule has 0 bridgehead atoms. The molecule has 29 heavy (non-hydrogen) atoms. The molecule has 1 fully saturated rings. The lowest BCUT2D eigenvalue weighted by molar-refractivity contribution is -0.140. The molecule has 2 heterocycles. The van der Waals surface area contributed by atoms with Crippen molar-refractivity contribution in [3.63, 3.8) is 0 Å². The number of allylic oxidation sites excluding steroid dienone is 2. The number of rotatable bonds is 3. The van der Waals surface area contributed by atoms with Gasteiger partial charge in [0.15, 0.2) is 0 Å². The van der Waals surface area contributed by atoms with Gasteiger partial charge in [0, 0.05) is 21.2 Å². The van der Waals surface area contributed by atoms with Crippen molar-refractivity contribution >= 4 is 27.7 Å². The molecule has 3 atom stereocenters. The van der Waals surface area contributed by atoms with E-state index >= 15 is 0 Å². The van der Waals surface area contributed by atoms with Crippen molar-refractivity contribution in [3.05, 3.63) is 75.8 Å². The molecule has 2 amide bonds. The molecule has 2 aromatic rings. The predicted octanol–water partition coefficient (Wildman–Crippen LogP) is 4.51. The van der Waals surface area contributed by atoms with Crippen molar-refractivity contribution in [2.24, 2.45) is 11.8 Å². The zero-order valence-corrected chi connectivity index (χ0v) is 17.3. The zero-order valence-electron chi connectivity index (χ0n) is 15.7. The summed E-state index contributed by atoms with van der Waals surface area (Å²) in [6.07, 6.45) is 4.77. The fraction of sp³-hybridized carbons (Fsp3) is 0.304. The van der Waals surface area contributed by atoms with Gasteiger partial charge in [0.05, 0.1) is 25.0 Å². The second kappa shape index (κ2) is 7.43. The van der Waals surface area contributed by atoms with Gasteiger partial charge in [-0.05, 0) is 25.0 Å². The molecule has 5 nitrogen and oxygen atoms in total. The number of nitrogens with zero attached hydrogens (tertiary/aromatic N) is 1. The Labute approximate surface area is 177 Å². The Morgan fingerprint density at radius 2 is 1.69 bits per heavy atom. The third-order valence-electron chi connectivity index (χ3n) is 5.82. The fourth-order valence-corrected chi connectivity index (χ4v) is 4.92. The van der Waals surface area contributed by atoms with Gasteiger partial charge in [-0.15, -0.1) is 0 Å². The van der Waals surface area contributed by atoms with Crippen LogP contribution in [0, 0.1) is 11.8 Å². The first-order chi connectivity index (χ1) is 14.1. The average Bonchev–Trinajstić information content (AvgIpc) is 2.99. The Bertz CT molecular complexity index is 977. The summed E-state index contributed by atoms with van der Waals surface area (Å²) in [7, 11) is 0. The standard InChI is InChI=1S/C23H20BrNO4/c24-17-10-15(12-25-21(26)18-8-4-5-9-19(18)22(25)27)20-16(11-17)13-28-23(29-20)14-6-2-1-3-7-14/h1-7,10-11,18-19,23H,8-9,12-13H2/t18-,19-,23+/m1/s1. The molecule has 1 aliphatic carbocycles. The van der Waals surface area contributed by atoms with Crippen LogP contribution in [0.1, 0.15) is 35.8 Å². The van der Waals surface area contributed by atoms with Crippen LogP contribution in [-0.4, -0.2) is 16.7 Å². The normalized spacial score (nSPS) is 25.6. The van der Waals surface area contributed by atoms with Crippen LogP contribution in [0.3, 0.4) is 0 Å². The SMILES string of the molecule is O=C1[C@@H]2CC=CC[C@H]2C(=O)N1Cc1cc(Br)cc2c1O[C@@H](c1ccccc1)OC2. The number of carbonyl (C=O) groups excluding carboxylic acids is 2. The van der Waals surface area contributed by atoms with E-state index in [1.54, 1.807) is 0 Å². The number of ether oxygens (including phenoxy) is 2. The van der Waals surface area contributed by atoms with Crippen LogP contribution in [0.25, 0.3) is 0 Å². The molecule has 5 rings (SSSR count). The second-order valence-electron chi connectivity index (χ2n) is 7.64.